The zero-order valence-corrected chi connectivity index (χ0v) is 13.5. The number of halogens is 2. The van der Waals surface area contributed by atoms with E-state index in [1.54, 1.807) is 12.1 Å². The third-order valence-electron chi connectivity index (χ3n) is 3.65. The van der Waals surface area contributed by atoms with Gasteiger partial charge in [-0.1, -0.05) is 30.7 Å². The van der Waals surface area contributed by atoms with E-state index in [9.17, 15) is 4.39 Å². The summed E-state index contributed by atoms with van der Waals surface area (Å²) in [6, 6.07) is 11.1. The number of nitrogens with one attached hydrogen (secondary N) is 1. The van der Waals surface area contributed by atoms with Gasteiger partial charge in [0, 0.05) is 5.02 Å². The van der Waals surface area contributed by atoms with Gasteiger partial charge in [0.1, 0.15) is 5.82 Å². The maximum atomic E-state index is 13.5. The first-order valence-corrected chi connectivity index (χ1v) is 7.66. The second kappa shape index (κ2) is 7.06. The summed E-state index contributed by atoms with van der Waals surface area (Å²) in [5.74, 6) is -0.181. The molecule has 1 nitrogen and oxygen atoms in total. The van der Waals surface area contributed by atoms with Gasteiger partial charge in [0.2, 0.25) is 0 Å². The summed E-state index contributed by atoms with van der Waals surface area (Å²) in [5.41, 5.74) is 4.23. The van der Waals surface area contributed by atoms with Gasteiger partial charge in [-0.05, 0) is 73.3 Å². The minimum absolute atomic E-state index is 0.0582. The summed E-state index contributed by atoms with van der Waals surface area (Å²) in [5, 5.41) is 4.28. The predicted octanol–water partition coefficient (Wildman–Crippen LogP) is 5.18. The van der Waals surface area contributed by atoms with Crippen LogP contribution in [0.2, 0.25) is 5.02 Å². The molecule has 1 N–H and O–H groups in total. The summed E-state index contributed by atoms with van der Waals surface area (Å²) < 4.78 is 13.5. The predicted molar refractivity (Wildman–Crippen MR) is 87.5 cm³/mol. The van der Waals surface area contributed by atoms with Crippen LogP contribution in [0, 0.1) is 19.7 Å². The molecule has 0 aliphatic carbocycles. The van der Waals surface area contributed by atoms with Gasteiger partial charge < -0.3 is 5.32 Å². The lowest BCUT2D eigenvalue weighted by molar-refractivity contribution is 0.586. The Kier molecular flexibility index (Phi) is 5.38. The zero-order chi connectivity index (χ0) is 15.4. The van der Waals surface area contributed by atoms with E-state index < -0.39 is 0 Å². The third kappa shape index (κ3) is 3.84. The standard InChI is InChI=1S/C18H21ClFN/c1-4-9-21-18(14-5-7-15(19)8-6-14)17-12(2)10-16(20)11-13(17)3/h5-8,10-11,18,21H,4,9H2,1-3H3. The molecule has 0 saturated carbocycles. The van der Waals surface area contributed by atoms with Crippen LogP contribution in [0.5, 0.6) is 0 Å². The fourth-order valence-corrected chi connectivity index (χ4v) is 2.83. The highest BCUT2D eigenvalue weighted by Gasteiger charge is 2.18. The van der Waals surface area contributed by atoms with Crippen molar-refractivity contribution in [2.75, 3.05) is 6.54 Å². The monoisotopic (exact) mass is 305 g/mol. The van der Waals surface area contributed by atoms with Crippen LogP contribution in [0.25, 0.3) is 0 Å². The van der Waals surface area contributed by atoms with E-state index in [4.69, 9.17) is 11.6 Å². The van der Waals surface area contributed by atoms with Crippen molar-refractivity contribution in [1.82, 2.24) is 5.32 Å². The van der Waals surface area contributed by atoms with Crippen molar-refractivity contribution in [1.29, 1.82) is 0 Å². The molecule has 2 aromatic rings. The normalized spacial score (nSPS) is 12.4. The van der Waals surface area contributed by atoms with Gasteiger partial charge in [-0.15, -0.1) is 0 Å². The van der Waals surface area contributed by atoms with Crippen LogP contribution in [0.3, 0.4) is 0 Å². The first-order valence-electron chi connectivity index (χ1n) is 7.28. The van der Waals surface area contributed by atoms with Crippen molar-refractivity contribution in [3.63, 3.8) is 0 Å². The molecule has 112 valence electrons. The van der Waals surface area contributed by atoms with Gasteiger partial charge in [-0.2, -0.15) is 0 Å². The first kappa shape index (κ1) is 16.0. The van der Waals surface area contributed by atoms with E-state index in [-0.39, 0.29) is 11.9 Å². The van der Waals surface area contributed by atoms with Crippen molar-refractivity contribution >= 4 is 11.6 Å². The second-order valence-electron chi connectivity index (χ2n) is 5.39. The molecule has 0 aliphatic rings. The van der Waals surface area contributed by atoms with Crippen molar-refractivity contribution < 1.29 is 4.39 Å². The fourth-order valence-electron chi connectivity index (χ4n) is 2.71. The highest BCUT2D eigenvalue weighted by Crippen LogP contribution is 2.29. The topological polar surface area (TPSA) is 12.0 Å². The molecule has 2 rings (SSSR count). The Labute approximate surface area is 131 Å². The quantitative estimate of drug-likeness (QED) is 0.802. The van der Waals surface area contributed by atoms with Crippen LogP contribution in [0.4, 0.5) is 4.39 Å². The maximum Gasteiger partial charge on any atom is 0.123 e. The molecule has 2 aromatic carbocycles. The summed E-state index contributed by atoms with van der Waals surface area (Å²) in [6.07, 6.45) is 1.05. The Bertz CT molecular complexity index is 584. The van der Waals surface area contributed by atoms with E-state index in [2.05, 4.69) is 12.2 Å². The third-order valence-corrected chi connectivity index (χ3v) is 3.90. The minimum atomic E-state index is -0.181. The van der Waals surface area contributed by atoms with Crippen LogP contribution >= 0.6 is 11.6 Å². The molecule has 1 atom stereocenters. The molecule has 3 heteroatoms. The van der Waals surface area contributed by atoms with Crippen molar-refractivity contribution in [3.05, 3.63) is 69.5 Å². The number of aryl methyl sites for hydroxylation is 2. The van der Waals surface area contributed by atoms with E-state index in [1.807, 2.05) is 38.1 Å². The van der Waals surface area contributed by atoms with Crippen molar-refractivity contribution in [2.45, 2.75) is 33.2 Å². The van der Waals surface area contributed by atoms with E-state index in [0.717, 1.165) is 40.2 Å². The Balaban J connectivity index is 2.47. The van der Waals surface area contributed by atoms with Gasteiger partial charge >= 0.3 is 0 Å². The summed E-state index contributed by atoms with van der Waals surface area (Å²) >= 11 is 5.98. The molecule has 0 aliphatic heterocycles. The molecule has 0 heterocycles. The zero-order valence-electron chi connectivity index (χ0n) is 12.7. The second-order valence-corrected chi connectivity index (χ2v) is 5.83. The average molecular weight is 306 g/mol. The molecule has 0 aromatic heterocycles. The molecule has 0 fully saturated rings. The van der Waals surface area contributed by atoms with Crippen LogP contribution < -0.4 is 5.32 Å². The van der Waals surface area contributed by atoms with E-state index in [0.29, 0.717) is 0 Å². The highest BCUT2D eigenvalue weighted by molar-refractivity contribution is 6.30. The van der Waals surface area contributed by atoms with Gasteiger partial charge in [-0.3, -0.25) is 0 Å². The Morgan fingerprint density at radius 3 is 2.19 bits per heavy atom. The van der Waals surface area contributed by atoms with E-state index in [1.165, 1.54) is 0 Å². The molecule has 1 unspecified atom stereocenters. The van der Waals surface area contributed by atoms with Crippen molar-refractivity contribution in [2.24, 2.45) is 0 Å². The SMILES string of the molecule is CCCNC(c1ccc(Cl)cc1)c1c(C)cc(F)cc1C. The maximum absolute atomic E-state index is 13.5. The van der Waals surface area contributed by atoms with Crippen LogP contribution in [-0.4, -0.2) is 6.54 Å². The summed E-state index contributed by atoms with van der Waals surface area (Å²) in [7, 11) is 0. The lowest BCUT2D eigenvalue weighted by atomic mass is 9.91. The van der Waals surface area contributed by atoms with Crippen LogP contribution in [0.1, 0.15) is 41.6 Å². The van der Waals surface area contributed by atoms with Gasteiger partial charge in [0.05, 0.1) is 6.04 Å². The lowest BCUT2D eigenvalue weighted by Gasteiger charge is -2.23. The Morgan fingerprint density at radius 2 is 1.67 bits per heavy atom. The average Bonchev–Trinajstić information content (AvgIpc) is 2.42. The molecular formula is C18H21ClFN. The highest BCUT2D eigenvalue weighted by atomic mass is 35.5. The fraction of sp³-hybridized carbons (Fsp3) is 0.333. The minimum Gasteiger partial charge on any atom is -0.306 e. The summed E-state index contributed by atoms with van der Waals surface area (Å²) in [4.78, 5) is 0. The molecular weight excluding hydrogens is 285 g/mol. The largest absolute Gasteiger partial charge is 0.306 e. The summed E-state index contributed by atoms with van der Waals surface area (Å²) in [6.45, 7) is 6.96. The smallest absolute Gasteiger partial charge is 0.123 e. The van der Waals surface area contributed by atoms with Crippen LogP contribution in [-0.2, 0) is 0 Å². The Hall–Kier alpha value is -1.38. The lowest BCUT2D eigenvalue weighted by Crippen LogP contribution is -2.24. The Morgan fingerprint density at radius 1 is 1.10 bits per heavy atom. The number of hydrogen-bond donors (Lipinski definition) is 1. The number of hydrogen-bond acceptors (Lipinski definition) is 1. The van der Waals surface area contributed by atoms with Gasteiger partial charge in [0.25, 0.3) is 0 Å². The molecule has 0 spiro atoms. The van der Waals surface area contributed by atoms with Gasteiger partial charge in [-0.25, -0.2) is 4.39 Å². The van der Waals surface area contributed by atoms with Crippen LogP contribution in [0.15, 0.2) is 36.4 Å². The first-order chi connectivity index (χ1) is 10.0. The van der Waals surface area contributed by atoms with Crippen molar-refractivity contribution in [3.8, 4) is 0 Å². The van der Waals surface area contributed by atoms with Gasteiger partial charge in [0.15, 0.2) is 0 Å². The number of rotatable bonds is 5. The molecule has 0 bridgehead atoms. The van der Waals surface area contributed by atoms with E-state index >= 15 is 0 Å². The molecule has 0 radical (unpaired) electrons. The molecule has 0 saturated heterocycles. The molecule has 21 heavy (non-hydrogen) atoms. The number of benzene rings is 2. The molecule has 0 amide bonds.